The van der Waals surface area contributed by atoms with Gasteiger partial charge in [0, 0.05) is 5.69 Å². The molecule has 1 aliphatic heterocycles. The van der Waals surface area contributed by atoms with E-state index in [-0.39, 0.29) is 19.1 Å². The van der Waals surface area contributed by atoms with Crippen LogP contribution in [0.2, 0.25) is 0 Å². The molecule has 26 heavy (non-hydrogen) atoms. The highest BCUT2D eigenvalue weighted by Gasteiger charge is 2.43. The summed E-state index contributed by atoms with van der Waals surface area (Å²) in [6.45, 7) is 3.56. The third kappa shape index (κ3) is 3.70. The van der Waals surface area contributed by atoms with Gasteiger partial charge in [0.15, 0.2) is 0 Å². The Morgan fingerprint density at radius 1 is 1.08 bits per heavy atom. The van der Waals surface area contributed by atoms with Crippen LogP contribution in [0.25, 0.3) is 0 Å². The molecule has 0 aliphatic carbocycles. The first-order chi connectivity index (χ1) is 12.5. The number of hydrogen-bond donors (Lipinski definition) is 1. The van der Waals surface area contributed by atoms with E-state index in [0.717, 1.165) is 10.5 Å². The molecule has 0 radical (unpaired) electrons. The fourth-order valence-corrected chi connectivity index (χ4v) is 2.91. The normalized spacial score (nSPS) is 18.3. The summed E-state index contributed by atoms with van der Waals surface area (Å²) in [6.07, 6.45) is -0.966. The Balaban J connectivity index is 1.62. The minimum atomic E-state index is -0.966. The van der Waals surface area contributed by atoms with Crippen molar-refractivity contribution in [3.05, 3.63) is 60.2 Å². The minimum absolute atomic E-state index is 0.000160. The van der Waals surface area contributed by atoms with E-state index in [4.69, 9.17) is 4.74 Å². The zero-order valence-electron chi connectivity index (χ0n) is 14.8. The molecule has 1 N–H and O–H groups in total. The summed E-state index contributed by atoms with van der Waals surface area (Å²) in [4.78, 5) is 27.6. The topological polar surface area (TPSA) is 70.1 Å². The smallest absolute Gasteiger partial charge is 0.332 e. The quantitative estimate of drug-likeness (QED) is 0.810. The summed E-state index contributed by atoms with van der Waals surface area (Å²) < 4.78 is 5.53. The van der Waals surface area contributed by atoms with Gasteiger partial charge < -0.3 is 9.84 Å². The Morgan fingerprint density at radius 2 is 1.73 bits per heavy atom. The molecule has 6 nitrogen and oxygen atoms in total. The van der Waals surface area contributed by atoms with Crippen molar-refractivity contribution in [2.24, 2.45) is 0 Å². The number of anilines is 1. The first-order valence-electron chi connectivity index (χ1n) is 8.54. The number of hydrogen-bond acceptors (Lipinski definition) is 4. The molecule has 0 aromatic heterocycles. The van der Waals surface area contributed by atoms with Crippen LogP contribution in [0, 0.1) is 6.92 Å². The van der Waals surface area contributed by atoms with E-state index >= 15 is 0 Å². The maximum absolute atomic E-state index is 12.7. The van der Waals surface area contributed by atoms with E-state index in [1.165, 1.54) is 4.90 Å². The summed E-state index contributed by atoms with van der Waals surface area (Å²) in [6, 6.07) is 15.5. The number of para-hydroxylation sites is 1. The summed E-state index contributed by atoms with van der Waals surface area (Å²) in [5.41, 5.74) is 1.77. The van der Waals surface area contributed by atoms with E-state index in [0.29, 0.717) is 11.4 Å². The fraction of sp³-hybridized carbons (Fsp3) is 0.300. The molecule has 0 spiro atoms. The predicted octanol–water partition coefficient (Wildman–Crippen LogP) is 2.59. The van der Waals surface area contributed by atoms with Crippen molar-refractivity contribution < 1.29 is 19.4 Å². The van der Waals surface area contributed by atoms with Crippen LogP contribution >= 0.6 is 0 Å². The van der Waals surface area contributed by atoms with Crippen LogP contribution in [0.4, 0.5) is 10.5 Å². The van der Waals surface area contributed by atoms with Gasteiger partial charge in [-0.3, -0.25) is 14.6 Å². The Hall–Kier alpha value is -2.86. The highest BCUT2D eigenvalue weighted by molar-refractivity contribution is 6.14. The van der Waals surface area contributed by atoms with Gasteiger partial charge >= 0.3 is 6.03 Å². The van der Waals surface area contributed by atoms with Gasteiger partial charge in [-0.05, 0) is 38.1 Å². The van der Waals surface area contributed by atoms with E-state index in [2.05, 4.69) is 0 Å². The molecule has 6 heteroatoms. The SMILES string of the molecule is Cc1ccc(OC[C@@H](O)CN2C(=O)[C@H](C)N(c3ccccc3)C2=O)cc1. The van der Waals surface area contributed by atoms with Crippen molar-refractivity contribution in [1.29, 1.82) is 0 Å². The number of aliphatic hydroxyl groups excluding tert-OH is 1. The molecule has 3 rings (SSSR count). The molecule has 1 fully saturated rings. The van der Waals surface area contributed by atoms with Crippen molar-refractivity contribution >= 4 is 17.6 Å². The van der Waals surface area contributed by atoms with Gasteiger partial charge in [0.25, 0.3) is 5.91 Å². The summed E-state index contributed by atoms with van der Waals surface area (Å²) in [5.74, 6) is 0.307. The average Bonchev–Trinajstić information content (AvgIpc) is 2.85. The molecule has 136 valence electrons. The van der Waals surface area contributed by atoms with Crippen LogP contribution in [-0.2, 0) is 4.79 Å². The summed E-state index contributed by atoms with van der Waals surface area (Å²) in [5, 5.41) is 10.2. The lowest BCUT2D eigenvalue weighted by molar-refractivity contribution is -0.128. The second kappa shape index (κ2) is 7.58. The molecule has 1 heterocycles. The van der Waals surface area contributed by atoms with Crippen LogP contribution in [0.3, 0.4) is 0 Å². The molecule has 2 aromatic carbocycles. The number of carbonyl (C=O) groups excluding carboxylic acids is 2. The van der Waals surface area contributed by atoms with Crippen LogP contribution in [0.15, 0.2) is 54.6 Å². The van der Waals surface area contributed by atoms with Crippen LogP contribution in [-0.4, -0.2) is 47.2 Å². The molecule has 2 atom stereocenters. The van der Waals surface area contributed by atoms with Gasteiger partial charge in [-0.25, -0.2) is 4.79 Å². The number of urea groups is 1. The van der Waals surface area contributed by atoms with Gasteiger partial charge in [-0.15, -0.1) is 0 Å². The Kier molecular flexibility index (Phi) is 5.23. The van der Waals surface area contributed by atoms with E-state index in [1.807, 2.05) is 49.4 Å². The lowest BCUT2D eigenvalue weighted by Gasteiger charge is -2.20. The van der Waals surface area contributed by atoms with E-state index in [9.17, 15) is 14.7 Å². The molecular weight excluding hydrogens is 332 g/mol. The Bertz CT molecular complexity index is 776. The minimum Gasteiger partial charge on any atom is -0.491 e. The first kappa shape index (κ1) is 17.9. The number of amides is 3. The van der Waals surface area contributed by atoms with Crippen molar-refractivity contribution in [2.75, 3.05) is 18.1 Å². The number of nitrogens with zero attached hydrogens (tertiary/aromatic N) is 2. The van der Waals surface area contributed by atoms with Crippen molar-refractivity contribution in [3.8, 4) is 5.75 Å². The fourth-order valence-electron chi connectivity index (χ4n) is 2.91. The van der Waals surface area contributed by atoms with Crippen molar-refractivity contribution in [3.63, 3.8) is 0 Å². The number of imide groups is 1. The van der Waals surface area contributed by atoms with E-state index < -0.39 is 18.2 Å². The molecule has 2 aromatic rings. The van der Waals surface area contributed by atoms with E-state index in [1.54, 1.807) is 19.1 Å². The largest absolute Gasteiger partial charge is 0.491 e. The van der Waals surface area contributed by atoms with Gasteiger partial charge in [-0.2, -0.15) is 0 Å². The van der Waals surface area contributed by atoms with Gasteiger partial charge in [0.1, 0.15) is 24.5 Å². The van der Waals surface area contributed by atoms with Crippen LogP contribution < -0.4 is 9.64 Å². The number of aliphatic hydroxyl groups is 1. The number of β-amino-alcohol motifs (C(OH)–C–C–N with tert-alkyl or cyclic N) is 1. The number of rotatable bonds is 6. The van der Waals surface area contributed by atoms with Crippen molar-refractivity contribution in [2.45, 2.75) is 26.0 Å². The summed E-state index contributed by atoms with van der Waals surface area (Å²) in [7, 11) is 0. The van der Waals surface area contributed by atoms with Crippen LogP contribution in [0.1, 0.15) is 12.5 Å². The highest BCUT2D eigenvalue weighted by atomic mass is 16.5. The maximum Gasteiger partial charge on any atom is 0.332 e. The number of carbonyl (C=O) groups is 2. The molecular formula is C20H22N2O4. The zero-order valence-corrected chi connectivity index (χ0v) is 14.8. The Labute approximate surface area is 152 Å². The predicted molar refractivity (Wildman–Crippen MR) is 98.2 cm³/mol. The highest BCUT2D eigenvalue weighted by Crippen LogP contribution is 2.25. The number of benzene rings is 2. The van der Waals surface area contributed by atoms with Crippen molar-refractivity contribution in [1.82, 2.24) is 4.90 Å². The summed E-state index contributed by atoms with van der Waals surface area (Å²) >= 11 is 0. The van der Waals surface area contributed by atoms with Gasteiger partial charge in [0.2, 0.25) is 0 Å². The third-order valence-corrected chi connectivity index (χ3v) is 4.34. The molecule has 1 aliphatic rings. The lowest BCUT2D eigenvalue weighted by atomic mass is 10.2. The standard InChI is InChI=1S/C20H22N2O4/c1-14-8-10-18(11-9-14)26-13-17(23)12-21-19(24)15(2)22(20(21)25)16-6-4-3-5-7-16/h3-11,15,17,23H,12-13H2,1-2H3/t15-,17-/m0/s1. The maximum atomic E-state index is 12.7. The zero-order chi connectivity index (χ0) is 18.7. The van der Waals surface area contributed by atoms with Gasteiger partial charge in [-0.1, -0.05) is 35.9 Å². The molecule has 3 amide bonds. The second-order valence-electron chi connectivity index (χ2n) is 6.39. The first-order valence-corrected chi connectivity index (χ1v) is 8.54. The molecule has 0 bridgehead atoms. The second-order valence-corrected chi connectivity index (χ2v) is 6.39. The monoisotopic (exact) mass is 354 g/mol. The molecule has 0 unspecified atom stereocenters. The van der Waals surface area contributed by atoms with Crippen LogP contribution in [0.5, 0.6) is 5.75 Å². The van der Waals surface area contributed by atoms with Gasteiger partial charge in [0.05, 0.1) is 6.54 Å². The number of aryl methyl sites for hydroxylation is 1. The number of ether oxygens (including phenoxy) is 1. The lowest BCUT2D eigenvalue weighted by Crippen LogP contribution is -2.40. The molecule has 1 saturated heterocycles. The third-order valence-electron chi connectivity index (χ3n) is 4.34. The molecule has 0 saturated carbocycles. The average molecular weight is 354 g/mol. The Morgan fingerprint density at radius 3 is 2.38 bits per heavy atom.